The predicted octanol–water partition coefficient (Wildman–Crippen LogP) is 3.63. The third-order valence-electron chi connectivity index (χ3n) is 2.85. The quantitative estimate of drug-likeness (QED) is 0.477. The summed E-state index contributed by atoms with van der Waals surface area (Å²) in [7, 11) is 0. The van der Waals surface area contributed by atoms with E-state index in [1.165, 1.54) is 0 Å². The summed E-state index contributed by atoms with van der Waals surface area (Å²) in [5.74, 6) is 0. The maximum atomic E-state index is 11.1. The molecule has 1 aromatic carbocycles. The highest BCUT2D eigenvalue weighted by Crippen LogP contribution is 2.33. The summed E-state index contributed by atoms with van der Waals surface area (Å²) in [6, 6.07) is 3.92. The van der Waals surface area contributed by atoms with Gasteiger partial charge in [0.05, 0.1) is 4.92 Å². The van der Waals surface area contributed by atoms with E-state index < -0.39 is 4.92 Å². The SMILES string of the molecule is Cc1cc(C)c(-c2nc(Cl)ncc2[N+](=O)[O-])c(C)c1. The van der Waals surface area contributed by atoms with Crippen LogP contribution in [-0.4, -0.2) is 14.9 Å². The Balaban J connectivity index is 2.78. The minimum atomic E-state index is -0.496. The average Bonchev–Trinajstić information content (AvgIpc) is 2.27. The van der Waals surface area contributed by atoms with Gasteiger partial charge in [-0.15, -0.1) is 0 Å². The normalized spacial score (nSPS) is 10.5. The molecule has 5 nitrogen and oxygen atoms in total. The van der Waals surface area contributed by atoms with E-state index in [1.54, 1.807) is 0 Å². The van der Waals surface area contributed by atoms with E-state index in [2.05, 4.69) is 9.97 Å². The molecular weight excluding hydrogens is 266 g/mol. The zero-order valence-corrected chi connectivity index (χ0v) is 11.5. The molecule has 0 spiro atoms. The van der Waals surface area contributed by atoms with Gasteiger partial charge >= 0.3 is 5.69 Å². The molecule has 0 saturated carbocycles. The monoisotopic (exact) mass is 277 g/mol. The fourth-order valence-corrected chi connectivity index (χ4v) is 2.36. The van der Waals surface area contributed by atoms with Crippen molar-refractivity contribution < 1.29 is 4.92 Å². The zero-order chi connectivity index (χ0) is 14.2. The average molecular weight is 278 g/mol. The summed E-state index contributed by atoms with van der Waals surface area (Å²) < 4.78 is 0. The largest absolute Gasteiger partial charge is 0.313 e. The molecule has 1 heterocycles. The number of halogens is 1. The van der Waals surface area contributed by atoms with Gasteiger partial charge in [0.15, 0.2) is 5.69 Å². The Bertz CT molecular complexity index is 648. The zero-order valence-electron chi connectivity index (χ0n) is 10.8. The molecule has 0 aliphatic heterocycles. The third-order valence-corrected chi connectivity index (χ3v) is 3.03. The van der Waals surface area contributed by atoms with E-state index in [0.29, 0.717) is 0 Å². The van der Waals surface area contributed by atoms with Crippen LogP contribution in [0.25, 0.3) is 11.3 Å². The van der Waals surface area contributed by atoms with Crippen molar-refractivity contribution in [1.82, 2.24) is 9.97 Å². The van der Waals surface area contributed by atoms with Gasteiger partial charge in [0.25, 0.3) is 0 Å². The third kappa shape index (κ3) is 2.56. The molecular formula is C13H12ClN3O2. The summed E-state index contributed by atoms with van der Waals surface area (Å²) in [5, 5.41) is 11.1. The van der Waals surface area contributed by atoms with E-state index in [-0.39, 0.29) is 16.7 Å². The van der Waals surface area contributed by atoms with Gasteiger partial charge in [0.2, 0.25) is 5.28 Å². The van der Waals surface area contributed by atoms with Crippen molar-refractivity contribution in [1.29, 1.82) is 0 Å². The highest BCUT2D eigenvalue weighted by molar-refractivity contribution is 6.28. The van der Waals surface area contributed by atoms with E-state index in [1.807, 2.05) is 32.9 Å². The molecule has 0 amide bonds. The topological polar surface area (TPSA) is 68.9 Å². The van der Waals surface area contributed by atoms with Gasteiger partial charge in [-0.2, -0.15) is 0 Å². The first-order valence-electron chi connectivity index (χ1n) is 5.65. The molecule has 19 heavy (non-hydrogen) atoms. The summed E-state index contributed by atoms with van der Waals surface area (Å²) in [5.41, 5.74) is 3.81. The van der Waals surface area contributed by atoms with Crippen molar-refractivity contribution in [2.45, 2.75) is 20.8 Å². The highest BCUT2D eigenvalue weighted by Gasteiger charge is 2.21. The molecule has 0 saturated heterocycles. The number of hydrogen-bond acceptors (Lipinski definition) is 4. The van der Waals surface area contributed by atoms with Crippen molar-refractivity contribution in [2.75, 3.05) is 0 Å². The lowest BCUT2D eigenvalue weighted by molar-refractivity contribution is -0.384. The number of rotatable bonds is 2. The minimum absolute atomic E-state index is 0.0000231. The molecule has 0 radical (unpaired) electrons. The molecule has 0 atom stereocenters. The van der Waals surface area contributed by atoms with Gasteiger partial charge in [0.1, 0.15) is 6.20 Å². The van der Waals surface area contributed by atoms with Crippen LogP contribution < -0.4 is 0 Å². The van der Waals surface area contributed by atoms with Crippen LogP contribution in [0.4, 0.5) is 5.69 Å². The Hall–Kier alpha value is -2.01. The lowest BCUT2D eigenvalue weighted by Crippen LogP contribution is -2.00. The number of hydrogen-bond donors (Lipinski definition) is 0. The first-order chi connectivity index (χ1) is 8.90. The molecule has 6 heteroatoms. The second-order valence-electron chi connectivity index (χ2n) is 4.40. The number of aryl methyl sites for hydroxylation is 3. The van der Waals surface area contributed by atoms with Gasteiger partial charge in [-0.25, -0.2) is 9.97 Å². The molecule has 1 aromatic heterocycles. The van der Waals surface area contributed by atoms with Gasteiger partial charge in [-0.1, -0.05) is 17.7 Å². The minimum Gasteiger partial charge on any atom is -0.258 e. The van der Waals surface area contributed by atoms with Crippen LogP contribution in [0, 0.1) is 30.9 Å². The first kappa shape index (κ1) is 13.4. The second-order valence-corrected chi connectivity index (χ2v) is 4.74. The van der Waals surface area contributed by atoms with Crippen LogP contribution in [0.1, 0.15) is 16.7 Å². The van der Waals surface area contributed by atoms with Crippen molar-refractivity contribution >= 4 is 17.3 Å². The first-order valence-corrected chi connectivity index (χ1v) is 6.03. The molecule has 98 valence electrons. The van der Waals surface area contributed by atoms with E-state index >= 15 is 0 Å². The van der Waals surface area contributed by atoms with Crippen LogP contribution in [-0.2, 0) is 0 Å². The van der Waals surface area contributed by atoms with Crippen molar-refractivity contribution in [3.63, 3.8) is 0 Å². The van der Waals surface area contributed by atoms with Crippen LogP contribution >= 0.6 is 11.6 Å². The van der Waals surface area contributed by atoms with E-state index in [0.717, 1.165) is 28.5 Å². The number of aromatic nitrogens is 2. The van der Waals surface area contributed by atoms with E-state index in [4.69, 9.17) is 11.6 Å². The lowest BCUT2D eigenvalue weighted by Gasteiger charge is -2.10. The molecule has 2 aromatic rings. The summed E-state index contributed by atoms with van der Waals surface area (Å²) >= 11 is 5.76. The Labute approximate surface area is 115 Å². The van der Waals surface area contributed by atoms with Crippen LogP contribution in [0.3, 0.4) is 0 Å². The molecule has 0 aliphatic rings. The lowest BCUT2D eigenvalue weighted by atomic mass is 9.96. The maximum Gasteiger partial charge on any atom is 0.313 e. The molecule has 0 aliphatic carbocycles. The standard InChI is InChI=1S/C13H12ClN3O2/c1-7-4-8(2)11(9(3)5-7)12-10(17(18)19)6-15-13(14)16-12/h4-6H,1-3H3. The van der Waals surface area contributed by atoms with Crippen LogP contribution in [0.2, 0.25) is 5.28 Å². The molecule has 0 unspecified atom stereocenters. The van der Waals surface area contributed by atoms with Gasteiger partial charge < -0.3 is 0 Å². The van der Waals surface area contributed by atoms with Gasteiger partial charge in [-0.05, 0) is 43.5 Å². The fourth-order valence-electron chi connectivity index (χ4n) is 2.23. The second kappa shape index (κ2) is 4.93. The van der Waals surface area contributed by atoms with E-state index in [9.17, 15) is 10.1 Å². The fraction of sp³-hybridized carbons (Fsp3) is 0.231. The number of benzene rings is 1. The Kier molecular flexibility index (Phi) is 3.48. The Morgan fingerprint density at radius 3 is 2.32 bits per heavy atom. The summed E-state index contributed by atoms with van der Waals surface area (Å²) in [4.78, 5) is 18.3. The summed E-state index contributed by atoms with van der Waals surface area (Å²) in [6.07, 6.45) is 1.14. The van der Waals surface area contributed by atoms with Gasteiger partial charge in [-0.3, -0.25) is 10.1 Å². The Morgan fingerprint density at radius 2 is 1.79 bits per heavy atom. The van der Waals surface area contributed by atoms with Crippen molar-refractivity contribution in [2.24, 2.45) is 0 Å². The van der Waals surface area contributed by atoms with Crippen LogP contribution in [0.5, 0.6) is 0 Å². The number of nitrogens with zero attached hydrogens (tertiary/aromatic N) is 3. The molecule has 0 bridgehead atoms. The van der Waals surface area contributed by atoms with Gasteiger partial charge in [0, 0.05) is 5.56 Å². The van der Waals surface area contributed by atoms with Crippen LogP contribution in [0.15, 0.2) is 18.3 Å². The summed E-state index contributed by atoms with van der Waals surface area (Å²) in [6.45, 7) is 5.77. The molecule has 2 rings (SSSR count). The highest BCUT2D eigenvalue weighted by atomic mass is 35.5. The number of nitro groups is 1. The molecule has 0 N–H and O–H groups in total. The molecule has 0 fully saturated rings. The van der Waals surface area contributed by atoms with Crippen molar-refractivity contribution in [3.05, 3.63) is 50.4 Å². The maximum absolute atomic E-state index is 11.1. The smallest absolute Gasteiger partial charge is 0.258 e. The van der Waals surface area contributed by atoms with Crippen molar-refractivity contribution in [3.8, 4) is 11.3 Å². The predicted molar refractivity (Wildman–Crippen MR) is 73.3 cm³/mol. The Morgan fingerprint density at radius 1 is 1.21 bits per heavy atom.